The van der Waals surface area contributed by atoms with Gasteiger partial charge >= 0.3 is 12.0 Å². The third-order valence-electron chi connectivity index (χ3n) is 5.73. The molecule has 0 atom stereocenters. The van der Waals surface area contributed by atoms with Gasteiger partial charge in [-0.05, 0) is 43.3 Å². The molecule has 0 spiro atoms. The van der Waals surface area contributed by atoms with E-state index in [1.807, 2.05) is 20.8 Å². The lowest BCUT2D eigenvalue weighted by molar-refractivity contribution is 0.0526. The molecule has 0 saturated heterocycles. The van der Waals surface area contributed by atoms with E-state index in [1.54, 1.807) is 37.3 Å². The van der Waals surface area contributed by atoms with Crippen LogP contribution in [0.2, 0.25) is 0 Å². The molecule has 0 aliphatic rings. The first kappa shape index (κ1) is 28.7. The van der Waals surface area contributed by atoms with Crippen molar-refractivity contribution in [2.45, 2.75) is 33.1 Å². The van der Waals surface area contributed by atoms with Crippen molar-refractivity contribution in [1.82, 2.24) is 14.8 Å². The predicted octanol–water partition coefficient (Wildman–Crippen LogP) is 5.42. The van der Waals surface area contributed by atoms with E-state index in [-0.39, 0.29) is 34.9 Å². The average Bonchev–Trinajstić information content (AvgIpc) is 3.35. The van der Waals surface area contributed by atoms with Crippen molar-refractivity contribution in [1.29, 1.82) is 0 Å². The van der Waals surface area contributed by atoms with E-state index in [4.69, 9.17) is 15.2 Å². The molecule has 0 fully saturated rings. The van der Waals surface area contributed by atoms with Gasteiger partial charge in [-0.15, -0.1) is 0 Å². The highest BCUT2D eigenvalue weighted by molar-refractivity contribution is 5.99. The molecule has 2 aromatic heterocycles. The fourth-order valence-electron chi connectivity index (χ4n) is 3.69. The molecule has 4 aromatic rings. The third-order valence-corrected chi connectivity index (χ3v) is 5.73. The highest BCUT2D eigenvalue weighted by atomic mass is 19.1. The first-order chi connectivity index (χ1) is 19.4. The molecule has 0 unspecified atom stereocenters. The lowest BCUT2D eigenvalue weighted by Gasteiger charge is -2.14. The number of nitrogens with one attached hydrogen (secondary N) is 2. The van der Waals surface area contributed by atoms with Crippen molar-refractivity contribution < 1.29 is 28.2 Å². The zero-order chi connectivity index (χ0) is 29.7. The summed E-state index contributed by atoms with van der Waals surface area (Å²) in [5.41, 5.74) is 6.29. The Kier molecular flexibility index (Phi) is 8.32. The summed E-state index contributed by atoms with van der Waals surface area (Å²) in [5.74, 6) is -1.30. The smallest absolute Gasteiger partial charge is 0.338 e. The third kappa shape index (κ3) is 7.04. The Hall–Kier alpha value is -5.26. The van der Waals surface area contributed by atoms with Gasteiger partial charge in [-0.1, -0.05) is 26.8 Å². The van der Waals surface area contributed by atoms with Crippen LogP contribution >= 0.6 is 0 Å². The van der Waals surface area contributed by atoms with Crippen LogP contribution in [0.5, 0.6) is 11.5 Å². The topological polar surface area (TPSA) is 150 Å². The molecule has 2 heterocycles. The summed E-state index contributed by atoms with van der Waals surface area (Å²) in [6, 6.07) is 14.3. The molecule has 4 N–H and O–H groups in total. The first-order valence-electron chi connectivity index (χ1n) is 12.6. The van der Waals surface area contributed by atoms with Crippen LogP contribution in [0.3, 0.4) is 0 Å². The van der Waals surface area contributed by atoms with Crippen LogP contribution in [0.4, 0.5) is 20.7 Å². The summed E-state index contributed by atoms with van der Waals surface area (Å²) in [4.78, 5) is 40.3. The van der Waals surface area contributed by atoms with E-state index in [9.17, 15) is 18.8 Å². The maximum Gasteiger partial charge on any atom is 0.338 e. The molecule has 2 aromatic carbocycles. The second kappa shape index (κ2) is 11.9. The van der Waals surface area contributed by atoms with Crippen LogP contribution < -0.4 is 21.1 Å². The van der Waals surface area contributed by atoms with Crippen LogP contribution in [0, 0.1) is 5.82 Å². The molecule has 12 heteroatoms. The van der Waals surface area contributed by atoms with Crippen LogP contribution in [-0.4, -0.2) is 39.3 Å². The van der Waals surface area contributed by atoms with E-state index < -0.39 is 23.7 Å². The van der Waals surface area contributed by atoms with E-state index in [0.29, 0.717) is 22.8 Å². The van der Waals surface area contributed by atoms with Crippen LogP contribution in [0.1, 0.15) is 54.2 Å². The zero-order valence-corrected chi connectivity index (χ0v) is 22.9. The van der Waals surface area contributed by atoms with Crippen molar-refractivity contribution in [3.05, 3.63) is 89.6 Å². The molecule has 11 nitrogen and oxygen atoms in total. The fraction of sp³-hybridized carbons (Fsp3) is 0.207. The lowest BCUT2D eigenvalue weighted by Crippen LogP contribution is -2.22. The summed E-state index contributed by atoms with van der Waals surface area (Å²) in [5, 5.41) is 9.83. The summed E-state index contributed by atoms with van der Waals surface area (Å²) < 4.78 is 27.0. The van der Waals surface area contributed by atoms with E-state index in [1.165, 1.54) is 35.1 Å². The minimum atomic E-state index is -0.757. The predicted molar refractivity (Wildman–Crippen MR) is 150 cm³/mol. The fourth-order valence-corrected chi connectivity index (χ4v) is 3.69. The number of hydrogen-bond donors (Lipinski definition) is 3. The number of primary amides is 1. The Labute approximate surface area is 235 Å². The number of rotatable bonds is 8. The molecule has 0 bridgehead atoms. The maximum atomic E-state index is 14.9. The molecule has 0 saturated carbocycles. The summed E-state index contributed by atoms with van der Waals surface area (Å²) >= 11 is 0. The Bertz CT molecular complexity index is 1610. The van der Waals surface area contributed by atoms with Gasteiger partial charge in [-0.2, -0.15) is 5.10 Å². The Morgan fingerprint density at radius 3 is 2.44 bits per heavy atom. The Morgan fingerprint density at radius 2 is 1.76 bits per heavy atom. The minimum Gasteiger partial charge on any atom is -0.462 e. The van der Waals surface area contributed by atoms with Crippen molar-refractivity contribution in [3.8, 4) is 17.2 Å². The Balaban J connectivity index is 1.54. The van der Waals surface area contributed by atoms with Crippen molar-refractivity contribution in [3.63, 3.8) is 0 Å². The SMILES string of the molecule is CCOC(=O)c1cccc(-n2nc(C(C)(C)C)cc2NC(=O)Nc2ccc(Oc3ccnc(C(N)=O)c3)cc2F)c1. The van der Waals surface area contributed by atoms with Gasteiger partial charge in [0.2, 0.25) is 0 Å². The van der Waals surface area contributed by atoms with E-state index >= 15 is 0 Å². The standard InChI is InChI=1S/C29H29FN6O5/c1-5-40-27(38)17-7-6-8-18(13-17)36-25(16-24(35-36)29(2,3)4)34-28(39)33-22-10-9-19(14-21(22)30)41-20-11-12-32-23(15-20)26(31)37/h6-16H,5H2,1-4H3,(H2,31,37)(H2,33,34,39). The number of carbonyl (C=O) groups excluding carboxylic acids is 3. The zero-order valence-electron chi connectivity index (χ0n) is 22.9. The molecule has 212 valence electrons. The number of urea groups is 1. The van der Waals surface area contributed by atoms with Gasteiger partial charge in [-0.25, -0.2) is 18.7 Å². The molecule has 4 rings (SSSR count). The first-order valence-corrected chi connectivity index (χ1v) is 12.6. The lowest BCUT2D eigenvalue weighted by atomic mass is 9.92. The van der Waals surface area contributed by atoms with Gasteiger partial charge < -0.3 is 20.5 Å². The van der Waals surface area contributed by atoms with Gasteiger partial charge in [0.05, 0.1) is 29.2 Å². The molecule has 0 aliphatic carbocycles. The number of anilines is 2. The number of amides is 3. The summed E-state index contributed by atoms with van der Waals surface area (Å²) in [6.07, 6.45) is 1.34. The van der Waals surface area contributed by atoms with Crippen LogP contribution in [0.15, 0.2) is 66.9 Å². The number of hydrogen-bond acceptors (Lipinski definition) is 7. The molecule has 3 amide bonds. The normalized spacial score (nSPS) is 11.0. The van der Waals surface area contributed by atoms with Crippen LogP contribution in [0.25, 0.3) is 5.69 Å². The van der Waals surface area contributed by atoms with Gasteiger partial charge in [0.15, 0.2) is 0 Å². The number of nitrogens with two attached hydrogens (primary N) is 1. The summed E-state index contributed by atoms with van der Waals surface area (Å²) in [7, 11) is 0. The number of esters is 1. The second-order valence-corrected chi connectivity index (χ2v) is 9.91. The largest absolute Gasteiger partial charge is 0.462 e. The number of nitrogens with zero attached hydrogens (tertiary/aromatic N) is 3. The van der Waals surface area contributed by atoms with Crippen molar-refractivity contribution in [2.75, 3.05) is 17.2 Å². The summed E-state index contributed by atoms with van der Waals surface area (Å²) in [6.45, 7) is 7.86. The number of aromatic nitrogens is 3. The monoisotopic (exact) mass is 560 g/mol. The highest BCUT2D eigenvalue weighted by Gasteiger charge is 2.22. The van der Waals surface area contributed by atoms with E-state index in [0.717, 1.165) is 6.07 Å². The van der Waals surface area contributed by atoms with Crippen molar-refractivity contribution >= 4 is 29.4 Å². The number of benzene rings is 2. The molecular weight excluding hydrogens is 531 g/mol. The van der Waals surface area contributed by atoms with Crippen molar-refractivity contribution in [2.24, 2.45) is 5.73 Å². The second-order valence-electron chi connectivity index (χ2n) is 9.91. The number of pyridine rings is 1. The van der Waals surface area contributed by atoms with Crippen LogP contribution in [-0.2, 0) is 10.2 Å². The van der Waals surface area contributed by atoms with Gasteiger partial charge in [0.1, 0.15) is 28.8 Å². The highest BCUT2D eigenvalue weighted by Crippen LogP contribution is 2.28. The molecule has 0 radical (unpaired) electrons. The Morgan fingerprint density at radius 1 is 1.00 bits per heavy atom. The van der Waals surface area contributed by atoms with Gasteiger partial charge in [0.25, 0.3) is 5.91 Å². The van der Waals surface area contributed by atoms with E-state index in [2.05, 4.69) is 20.7 Å². The number of carbonyl (C=O) groups is 3. The quantitative estimate of drug-likeness (QED) is 0.244. The number of halogens is 1. The molecular formula is C29H29FN6O5. The van der Waals surface area contributed by atoms with Gasteiger partial charge in [-0.3, -0.25) is 15.1 Å². The maximum absolute atomic E-state index is 14.9. The molecule has 41 heavy (non-hydrogen) atoms. The minimum absolute atomic E-state index is 0.000549. The molecule has 0 aliphatic heterocycles. The van der Waals surface area contributed by atoms with Gasteiger partial charge in [0, 0.05) is 29.8 Å². The average molecular weight is 561 g/mol. The number of ether oxygens (including phenoxy) is 2.